The summed E-state index contributed by atoms with van der Waals surface area (Å²) in [7, 11) is 0. The highest BCUT2D eigenvalue weighted by Gasteiger charge is 2.11. The van der Waals surface area contributed by atoms with Crippen LogP contribution in [0.15, 0.2) is 27.6 Å². The fourth-order valence-electron chi connectivity index (χ4n) is 0.868. The zero-order chi connectivity index (χ0) is 9.14. The van der Waals surface area contributed by atoms with Crippen LogP contribution in [0, 0.1) is 0 Å². The molecule has 5 heteroatoms. The van der Waals surface area contributed by atoms with Gasteiger partial charge in [0, 0.05) is 10.0 Å². The lowest BCUT2D eigenvalue weighted by Crippen LogP contribution is -2.14. The van der Waals surface area contributed by atoms with Gasteiger partial charge in [0.1, 0.15) is 0 Å². The Balaban J connectivity index is 3.11. The van der Waals surface area contributed by atoms with Gasteiger partial charge < -0.3 is 9.66 Å². The van der Waals surface area contributed by atoms with Gasteiger partial charge >= 0.3 is 0 Å². The second-order valence-corrected chi connectivity index (χ2v) is 4.16. The van der Waals surface area contributed by atoms with E-state index in [4.69, 9.17) is 10.2 Å². The van der Waals surface area contributed by atoms with Crippen molar-refractivity contribution in [3.05, 3.63) is 28.2 Å². The third kappa shape index (κ3) is 2.21. The minimum Gasteiger partial charge on any atom is -0.593 e. The molecule has 3 N–H and O–H groups in total. The standard InChI is InChI=1S/C7H8BrNO2S/c8-6-1-2-7(12(9)11)5(3-6)4-10/h1-3,10H,4,9H2. The second kappa shape index (κ2) is 4.25. The Labute approximate surface area is 82.0 Å². The first-order chi connectivity index (χ1) is 5.65. The molecule has 0 heterocycles. The van der Waals surface area contributed by atoms with Gasteiger partial charge in [0.15, 0.2) is 4.90 Å². The van der Waals surface area contributed by atoms with Gasteiger partial charge in [-0.2, -0.15) is 0 Å². The van der Waals surface area contributed by atoms with Gasteiger partial charge in [0.25, 0.3) is 0 Å². The maximum absolute atomic E-state index is 10.9. The monoisotopic (exact) mass is 249 g/mol. The molecule has 66 valence electrons. The summed E-state index contributed by atoms with van der Waals surface area (Å²) >= 11 is 1.71. The predicted octanol–water partition coefficient (Wildman–Crippen LogP) is 0.923. The van der Waals surface area contributed by atoms with Crippen molar-refractivity contribution in [1.82, 2.24) is 0 Å². The van der Waals surface area contributed by atoms with Crippen molar-refractivity contribution >= 4 is 27.3 Å². The van der Waals surface area contributed by atoms with Crippen molar-refractivity contribution < 1.29 is 9.66 Å². The summed E-state index contributed by atoms with van der Waals surface area (Å²) in [4.78, 5) is 0.473. The summed E-state index contributed by atoms with van der Waals surface area (Å²) in [6.07, 6.45) is 0. The van der Waals surface area contributed by atoms with Crippen molar-refractivity contribution in [1.29, 1.82) is 0 Å². The maximum Gasteiger partial charge on any atom is 0.179 e. The number of aliphatic hydroxyl groups excluding tert-OH is 1. The van der Waals surface area contributed by atoms with E-state index in [9.17, 15) is 4.55 Å². The molecule has 0 radical (unpaired) electrons. The summed E-state index contributed by atoms with van der Waals surface area (Å²) in [5.41, 5.74) is 0.588. The molecule has 1 aromatic carbocycles. The van der Waals surface area contributed by atoms with Crippen LogP contribution in [-0.4, -0.2) is 9.66 Å². The van der Waals surface area contributed by atoms with E-state index in [1.54, 1.807) is 18.2 Å². The van der Waals surface area contributed by atoms with E-state index in [1.807, 2.05) is 0 Å². The number of nitrogens with two attached hydrogens (primary N) is 1. The molecule has 1 rings (SSSR count). The average molecular weight is 250 g/mol. The number of benzene rings is 1. The quantitative estimate of drug-likeness (QED) is 0.767. The lowest BCUT2D eigenvalue weighted by Gasteiger charge is -2.06. The minimum absolute atomic E-state index is 0.155. The molecule has 0 saturated heterocycles. The van der Waals surface area contributed by atoms with E-state index in [0.717, 1.165) is 4.47 Å². The largest absolute Gasteiger partial charge is 0.593 e. The smallest absolute Gasteiger partial charge is 0.179 e. The molecule has 0 bridgehead atoms. The van der Waals surface area contributed by atoms with Gasteiger partial charge in [-0.15, -0.1) is 5.14 Å². The number of aliphatic hydroxyl groups is 1. The fourth-order valence-corrected chi connectivity index (χ4v) is 1.86. The topological polar surface area (TPSA) is 69.3 Å². The molecule has 0 amide bonds. The predicted molar refractivity (Wildman–Crippen MR) is 50.7 cm³/mol. The van der Waals surface area contributed by atoms with E-state index in [-0.39, 0.29) is 6.61 Å². The lowest BCUT2D eigenvalue weighted by atomic mass is 10.2. The van der Waals surface area contributed by atoms with Crippen LogP contribution in [-0.2, 0) is 18.0 Å². The van der Waals surface area contributed by atoms with E-state index in [1.165, 1.54) is 0 Å². The molecule has 0 spiro atoms. The molecule has 1 atom stereocenters. The minimum atomic E-state index is -1.53. The summed E-state index contributed by atoms with van der Waals surface area (Å²) in [6, 6.07) is 5.06. The molecular formula is C7H8BrNO2S. The maximum atomic E-state index is 10.9. The van der Waals surface area contributed by atoms with Crippen LogP contribution in [0.4, 0.5) is 0 Å². The first-order valence-electron chi connectivity index (χ1n) is 3.20. The first kappa shape index (κ1) is 10.0. The summed E-state index contributed by atoms with van der Waals surface area (Å²) < 4.78 is 11.7. The van der Waals surface area contributed by atoms with Gasteiger partial charge in [-0.3, -0.25) is 0 Å². The Morgan fingerprint density at radius 2 is 2.25 bits per heavy atom. The van der Waals surface area contributed by atoms with Crippen molar-refractivity contribution in [2.45, 2.75) is 11.5 Å². The molecule has 0 saturated carbocycles. The van der Waals surface area contributed by atoms with Crippen molar-refractivity contribution in [3.8, 4) is 0 Å². The normalized spacial score (nSPS) is 13.0. The van der Waals surface area contributed by atoms with Gasteiger partial charge in [0.05, 0.1) is 18.0 Å². The first-order valence-corrected chi connectivity index (χ1v) is 5.21. The molecule has 0 aliphatic carbocycles. The highest BCUT2D eigenvalue weighted by atomic mass is 79.9. The van der Waals surface area contributed by atoms with E-state index in [0.29, 0.717) is 10.5 Å². The van der Waals surface area contributed by atoms with Crippen LogP contribution in [0.25, 0.3) is 0 Å². The number of hydrogen-bond acceptors (Lipinski definition) is 3. The van der Waals surface area contributed by atoms with E-state index >= 15 is 0 Å². The van der Waals surface area contributed by atoms with Crippen LogP contribution in [0.5, 0.6) is 0 Å². The van der Waals surface area contributed by atoms with Crippen molar-refractivity contribution in [2.75, 3.05) is 0 Å². The van der Waals surface area contributed by atoms with E-state index in [2.05, 4.69) is 15.9 Å². The Kier molecular flexibility index (Phi) is 3.54. The van der Waals surface area contributed by atoms with Crippen LogP contribution in [0.1, 0.15) is 5.56 Å². The molecular weight excluding hydrogens is 242 g/mol. The van der Waals surface area contributed by atoms with Crippen LogP contribution in [0.2, 0.25) is 0 Å². The summed E-state index contributed by atoms with van der Waals surface area (Å²) in [6.45, 7) is -0.155. The highest BCUT2D eigenvalue weighted by molar-refractivity contribution is 9.10. The summed E-state index contributed by atoms with van der Waals surface area (Å²) in [5, 5.41) is 14.1. The van der Waals surface area contributed by atoms with Gasteiger partial charge in [-0.25, -0.2) is 0 Å². The van der Waals surface area contributed by atoms with Crippen molar-refractivity contribution in [3.63, 3.8) is 0 Å². The Bertz CT molecular complexity index is 280. The number of hydrogen-bond donors (Lipinski definition) is 2. The third-order valence-electron chi connectivity index (χ3n) is 1.41. The highest BCUT2D eigenvalue weighted by Crippen LogP contribution is 2.19. The number of halogens is 1. The zero-order valence-corrected chi connectivity index (χ0v) is 8.56. The van der Waals surface area contributed by atoms with Gasteiger partial charge in [-0.1, -0.05) is 15.9 Å². The fraction of sp³-hybridized carbons (Fsp3) is 0.143. The molecule has 0 fully saturated rings. The van der Waals surface area contributed by atoms with Crippen LogP contribution >= 0.6 is 15.9 Å². The zero-order valence-electron chi connectivity index (χ0n) is 6.16. The Hall–Kier alpha value is -0.0700. The Morgan fingerprint density at radius 1 is 1.58 bits per heavy atom. The van der Waals surface area contributed by atoms with Crippen LogP contribution in [0.3, 0.4) is 0 Å². The van der Waals surface area contributed by atoms with Gasteiger partial charge in [0.2, 0.25) is 0 Å². The SMILES string of the molecule is N[S+]([O-])c1ccc(Br)cc1CO. The Morgan fingerprint density at radius 3 is 2.75 bits per heavy atom. The third-order valence-corrected chi connectivity index (χ3v) is 2.73. The van der Waals surface area contributed by atoms with Gasteiger partial charge in [-0.05, 0) is 18.2 Å². The molecule has 1 unspecified atom stereocenters. The van der Waals surface area contributed by atoms with Crippen LogP contribution < -0.4 is 5.14 Å². The average Bonchev–Trinajstić information content (AvgIpc) is 2.03. The number of rotatable bonds is 2. The lowest BCUT2D eigenvalue weighted by molar-refractivity contribution is 0.278. The molecule has 0 aromatic heterocycles. The summed E-state index contributed by atoms with van der Waals surface area (Å²) in [5.74, 6) is 0. The van der Waals surface area contributed by atoms with E-state index < -0.39 is 11.4 Å². The molecule has 0 aliphatic heterocycles. The molecule has 0 aliphatic rings. The van der Waals surface area contributed by atoms with Crippen molar-refractivity contribution in [2.24, 2.45) is 5.14 Å². The molecule has 3 nitrogen and oxygen atoms in total. The molecule has 12 heavy (non-hydrogen) atoms. The second-order valence-electron chi connectivity index (χ2n) is 2.21. The molecule has 1 aromatic rings.